The number of thiophene rings is 1. The number of fused-ring (bicyclic) bond motifs is 1. The topological polar surface area (TPSA) is 67.6 Å². The van der Waals surface area contributed by atoms with E-state index in [1.54, 1.807) is 16.2 Å². The van der Waals surface area contributed by atoms with Gasteiger partial charge in [0.15, 0.2) is 5.96 Å². The van der Waals surface area contributed by atoms with Gasteiger partial charge in [-0.3, -0.25) is 0 Å². The fourth-order valence-electron chi connectivity index (χ4n) is 2.04. The predicted molar refractivity (Wildman–Crippen MR) is 75.7 cm³/mol. The Morgan fingerprint density at radius 3 is 2.89 bits per heavy atom. The Morgan fingerprint density at radius 2 is 2.17 bits per heavy atom. The summed E-state index contributed by atoms with van der Waals surface area (Å²) in [6.07, 6.45) is -0.227. The lowest BCUT2D eigenvalue weighted by molar-refractivity contribution is 0.375. The van der Waals surface area contributed by atoms with E-state index in [4.69, 9.17) is 11.5 Å². The molecular formula is C13H14N4S. The van der Waals surface area contributed by atoms with Crippen LogP contribution in [-0.2, 0) is 0 Å². The average molecular weight is 258 g/mol. The van der Waals surface area contributed by atoms with Gasteiger partial charge in [-0.1, -0.05) is 18.2 Å². The van der Waals surface area contributed by atoms with Crippen LogP contribution >= 0.6 is 11.3 Å². The van der Waals surface area contributed by atoms with Crippen LogP contribution in [0.1, 0.15) is 11.7 Å². The van der Waals surface area contributed by atoms with Gasteiger partial charge in [0.1, 0.15) is 6.17 Å². The lowest BCUT2D eigenvalue weighted by Gasteiger charge is -2.30. The van der Waals surface area contributed by atoms with E-state index in [0.717, 1.165) is 16.8 Å². The zero-order valence-electron chi connectivity index (χ0n) is 10.00. The van der Waals surface area contributed by atoms with Crippen molar-refractivity contribution in [1.29, 1.82) is 0 Å². The molecule has 0 bridgehead atoms. The Morgan fingerprint density at radius 1 is 1.33 bits per heavy atom. The van der Waals surface area contributed by atoms with Crippen molar-refractivity contribution in [2.45, 2.75) is 6.17 Å². The predicted octanol–water partition coefficient (Wildman–Crippen LogP) is 2.26. The Hall–Kier alpha value is -1.85. The van der Waals surface area contributed by atoms with E-state index < -0.39 is 0 Å². The summed E-state index contributed by atoms with van der Waals surface area (Å²) in [4.78, 5) is 7.39. The number of hydrogen-bond donors (Lipinski definition) is 2. The second-order valence-corrected chi connectivity index (χ2v) is 5.22. The van der Waals surface area contributed by atoms with Gasteiger partial charge in [-0.25, -0.2) is 4.99 Å². The third kappa shape index (κ3) is 1.68. The van der Waals surface area contributed by atoms with Crippen molar-refractivity contribution in [3.8, 4) is 10.4 Å². The Bertz CT molecular complexity index is 603. The smallest absolute Gasteiger partial charge is 0.197 e. The minimum atomic E-state index is -0.227. The van der Waals surface area contributed by atoms with Gasteiger partial charge >= 0.3 is 0 Å². The van der Waals surface area contributed by atoms with Gasteiger partial charge in [0.05, 0.1) is 5.69 Å². The van der Waals surface area contributed by atoms with Gasteiger partial charge in [-0.15, -0.1) is 11.3 Å². The van der Waals surface area contributed by atoms with Crippen LogP contribution in [0.3, 0.4) is 0 Å². The van der Waals surface area contributed by atoms with Crippen LogP contribution in [0.25, 0.3) is 10.4 Å². The molecule has 1 aromatic heterocycles. The monoisotopic (exact) mass is 258 g/mol. The van der Waals surface area contributed by atoms with E-state index in [1.807, 2.05) is 25.2 Å². The van der Waals surface area contributed by atoms with Gasteiger partial charge in [-0.2, -0.15) is 0 Å². The summed E-state index contributed by atoms with van der Waals surface area (Å²) < 4.78 is 0. The van der Waals surface area contributed by atoms with Crippen LogP contribution in [0.15, 0.2) is 40.7 Å². The van der Waals surface area contributed by atoms with Crippen molar-refractivity contribution in [3.05, 3.63) is 41.3 Å². The number of aliphatic imine (C=N–C) groups is 1. The second-order valence-electron chi connectivity index (χ2n) is 4.28. The van der Waals surface area contributed by atoms with E-state index in [1.165, 1.54) is 4.88 Å². The molecule has 4 N–H and O–H groups in total. The summed E-state index contributed by atoms with van der Waals surface area (Å²) in [5.41, 5.74) is 15.0. The summed E-state index contributed by atoms with van der Waals surface area (Å²) in [5, 5.41) is 2.06. The van der Waals surface area contributed by atoms with Crippen LogP contribution in [0.5, 0.6) is 0 Å². The molecule has 2 heterocycles. The summed E-state index contributed by atoms with van der Waals surface area (Å²) in [7, 11) is 1.85. The van der Waals surface area contributed by atoms with Crippen molar-refractivity contribution < 1.29 is 0 Å². The highest BCUT2D eigenvalue weighted by Crippen LogP contribution is 2.35. The van der Waals surface area contributed by atoms with Gasteiger partial charge < -0.3 is 16.4 Å². The average Bonchev–Trinajstić information content (AvgIpc) is 2.89. The first-order chi connectivity index (χ1) is 8.66. The minimum absolute atomic E-state index is 0.227. The maximum atomic E-state index is 6.12. The highest BCUT2D eigenvalue weighted by atomic mass is 32.1. The van der Waals surface area contributed by atoms with Crippen molar-refractivity contribution in [2.75, 3.05) is 7.05 Å². The molecule has 1 unspecified atom stereocenters. The van der Waals surface area contributed by atoms with E-state index in [9.17, 15) is 0 Å². The number of rotatable bonds is 1. The molecular weight excluding hydrogens is 244 g/mol. The number of benzene rings is 1. The molecule has 0 spiro atoms. The zero-order valence-corrected chi connectivity index (χ0v) is 10.8. The Labute approximate surface area is 110 Å². The molecule has 2 aromatic rings. The van der Waals surface area contributed by atoms with Crippen LogP contribution in [0.2, 0.25) is 0 Å². The molecule has 1 aliphatic rings. The molecule has 0 saturated carbocycles. The number of nitrogens with two attached hydrogens (primary N) is 2. The van der Waals surface area contributed by atoms with Crippen molar-refractivity contribution in [2.24, 2.45) is 16.5 Å². The van der Waals surface area contributed by atoms with Gasteiger partial charge in [-0.05, 0) is 23.1 Å². The fourth-order valence-corrected chi connectivity index (χ4v) is 2.76. The molecule has 0 fully saturated rings. The van der Waals surface area contributed by atoms with Crippen molar-refractivity contribution >= 4 is 23.0 Å². The molecule has 3 rings (SSSR count). The largest absolute Gasteiger partial charge is 0.369 e. The maximum Gasteiger partial charge on any atom is 0.197 e. The first-order valence-corrected chi connectivity index (χ1v) is 6.55. The first-order valence-electron chi connectivity index (χ1n) is 5.67. The Balaban J connectivity index is 2.11. The highest BCUT2D eigenvalue weighted by molar-refractivity contribution is 7.13. The fraction of sp³-hybridized carbons (Fsp3) is 0.154. The molecule has 5 heteroatoms. The van der Waals surface area contributed by atoms with Crippen LogP contribution < -0.4 is 11.5 Å². The zero-order chi connectivity index (χ0) is 12.7. The summed E-state index contributed by atoms with van der Waals surface area (Å²) in [6, 6.07) is 10.3. The SMILES string of the molecule is CN1C(N)=Nc2cc(-c3cccs3)ccc2C1N. The molecule has 1 atom stereocenters. The standard InChI is InChI=1S/C13H14N4S/c1-17-12(14)9-5-4-8(11-3-2-6-18-11)7-10(9)16-13(17)15/h2-7,12H,14H2,1H3,(H2,15,16). The molecule has 4 nitrogen and oxygen atoms in total. The molecule has 0 saturated heterocycles. The number of guanidine groups is 1. The normalized spacial score (nSPS) is 18.4. The van der Waals surface area contributed by atoms with Gasteiger partial charge in [0.25, 0.3) is 0 Å². The third-order valence-corrected chi connectivity index (χ3v) is 4.09. The van der Waals surface area contributed by atoms with Gasteiger partial charge in [0, 0.05) is 17.5 Å². The molecule has 0 aliphatic carbocycles. The molecule has 92 valence electrons. The maximum absolute atomic E-state index is 6.12. The summed E-state index contributed by atoms with van der Waals surface area (Å²) >= 11 is 1.71. The first kappa shape index (κ1) is 11.3. The molecule has 0 amide bonds. The van der Waals surface area contributed by atoms with E-state index in [2.05, 4.69) is 22.5 Å². The lowest BCUT2D eigenvalue weighted by atomic mass is 10.0. The second kappa shape index (κ2) is 4.12. The molecule has 1 aromatic carbocycles. The summed E-state index contributed by atoms with van der Waals surface area (Å²) in [6.45, 7) is 0. The number of nitrogens with zero attached hydrogens (tertiary/aromatic N) is 2. The highest BCUT2D eigenvalue weighted by Gasteiger charge is 2.22. The lowest BCUT2D eigenvalue weighted by Crippen LogP contribution is -2.42. The quantitative estimate of drug-likeness (QED) is 0.824. The molecule has 0 radical (unpaired) electrons. The van der Waals surface area contributed by atoms with Crippen LogP contribution in [-0.4, -0.2) is 17.9 Å². The molecule has 18 heavy (non-hydrogen) atoms. The van der Waals surface area contributed by atoms with Crippen LogP contribution in [0, 0.1) is 0 Å². The van der Waals surface area contributed by atoms with Crippen molar-refractivity contribution in [3.63, 3.8) is 0 Å². The minimum Gasteiger partial charge on any atom is -0.369 e. The molecule has 1 aliphatic heterocycles. The van der Waals surface area contributed by atoms with Crippen LogP contribution in [0.4, 0.5) is 5.69 Å². The van der Waals surface area contributed by atoms with Crippen molar-refractivity contribution in [1.82, 2.24) is 4.90 Å². The number of hydrogen-bond acceptors (Lipinski definition) is 5. The Kier molecular flexibility index (Phi) is 2.57. The third-order valence-electron chi connectivity index (χ3n) is 3.17. The van der Waals surface area contributed by atoms with E-state index >= 15 is 0 Å². The van der Waals surface area contributed by atoms with E-state index in [-0.39, 0.29) is 6.17 Å². The van der Waals surface area contributed by atoms with Gasteiger partial charge in [0.2, 0.25) is 0 Å². The van der Waals surface area contributed by atoms with E-state index in [0.29, 0.717) is 5.96 Å². The summed E-state index contributed by atoms with van der Waals surface area (Å²) in [5.74, 6) is 0.457.